The van der Waals surface area contributed by atoms with Gasteiger partial charge in [0.25, 0.3) is 0 Å². The molecule has 0 spiro atoms. The number of phosphoric ester groups is 1. The predicted molar refractivity (Wildman–Crippen MR) is 90.3 cm³/mol. The molecule has 1 aliphatic heterocycles. The van der Waals surface area contributed by atoms with Crippen molar-refractivity contribution in [2.24, 2.45) is 0 Å². The summed E-state index contributed by atoms with van der Waals surface area (Å²) in [6, 6.07) is 8.11. The molecule has 0 saturated heterocycles. The van der Waals surface area contributed by atoms with Crippen LogP contribution in [0.1, 0.15) is 33.4 Å². The Balaban J connectivity index is 2.27. The maximum atomic E-state index is 12.9. The first kappa shape index (κ1) is 16.6. The Morgan fingerprint density at radius 1 is 0.913 bits per heavy atom. The fourth-order valence-electron chi connectivity index (χ4n) is 3.10. The summed E-state index contributed by atoms with van der Waals surface area (Å²) in [7, 11) is -3.75. The molecule has 0 aromatic heterocycles. The molecule has 118 valence electrons. The Hall–Kier alpha value is -1.24. The Kier molecular flexibility index (Phi) is 4.33. The highest BCUT2D eigenvalue weighted by Crippen LogP contribution is 2.53. The summed E-state index contributed by atoms with van der Waals surface area (Å²) in [5, 5.41) is 0. The van der Waals surface area contributed by atoms with E-state index in [4.69, 9.17) is 12.6 Å². The van der Waals surface area contributed by atoms with Crippen LogP contribution in [0.2, 0.25) is 0 Å². The molecule has 6 heteroatoms. The summed E-state index contributed by atoms with van der Waals surface area (Å²) >= 11 is 1.99. The third-order valence-corrected chi connectivity index (χ3v) is 5.75. The summed E-state index contributed by atoms with van der Waals surface area (Å²) in [6.07, 6.45) is 0.659. The van der Waals surface area contributed by atoms with Gasteiger partial charge in [-0.15, -0.1) is 0 Å². The lowest BCUT2D eigenvalue weighted by molar-refractivity contribution is 0.301. The number of phosphoric acid groups is 1. The lowest BCUT2D eigenvalue weighted by Crippen LogP contribution is -2.11. The molecule has 0 fully saturated rings. The van der Waals surface area contributed by atoms with Crippen molar-refractivity contribution >= 4 is 24.4 Å². The third kappa shape index (κ3) is 3.20. The molecule has 0 N–H and O–H groups in total. The van der Waals surface area contributed by atoms with E-state index in [-0.39, 0.29) is 0 Å². The minimum absolute atomic E-state index is 0.575. The van der Waals surface area contributed by atoms with E-state index < -0.39 is 7.82 Å². The number of benzene rings is 2. The highest BCUT2D eigenvalue weighted by Gasteiger charge is 2.33. The van der Waals surface area contributed by atoms with Crippen molar-refractivity contribution in [3.05, 3.63) is 57.6 Å². The molecule has 0 saturated carbocycles. The van der Waals surface area contributed by atoms with Crippen molar-refractivity contribution in [1.82, 2.24) is 0 Å². The lowest BCUT2D eigenvalue weighted by atomic mass is 9.96. The molecule has 23 heavy (non-hydrogen) atoms. The van der Waals surface area contributed by atoms with Crippen LogP contribution in [0.3, 0.4) is 0 Å². The van der Waals surface area contributed by atoms with Crippen LogP contribution in [-0.2, 0) is 14.6 Å². The fraction of sp³-hybridized carbons (Fsp3) is 0.294. The minimum atomic E-state index is -3.75. The molecule has 0 bridgehead atoms. The Morgan fingerprint density at radius 3 is 1.74 bits per heavy atom. The SMILES string of the molecule is Cc1cc(C)c2c(c1)Cc1cc(C)cc(C)c1OP(=O)([O][Al])O2. The standard InChI is InChI=1S/C17H19O4P.Al/c1-10-5-12(3)16-14(7-10)9-15-8-11(2)6-13(4)17(15)21-22(18,19)20-16;/h5-8H,9H2,1-4H3,(H,18,19);/q;+1/p-1. The molecule has 0 amide bonds. The topological polar surface area (TPSA) is 44.8 Å². The van der Waals surface area contributed by atoms with Gasteiger partial charge in [-0.2, -0.15) is 0 Å². The Morgan fingerprint density at radius 2 is 1.35 bits per heavy atom. The van der Waals surface area contributed by atoms with E-state index >= 15 is 0 Å². The lowest BCUT2D eigenvalue weighted by Gasteiger charge is -2.27. The highest BCUT2D eigenvalue weighted by molar-refractivity contribution is 7.50. The first-order valence-electron chi connectivity index (χ1n) is 7.39. The van der Waals surface area contributed by atoms with E-state index in [2.05, 4.69) is 12.1 Å². The molecule has 2 radical (unpaired) electrons. The Bertz CT molecular complexity index is 768. The van der Waals surface area contributed by atoms with Gasteiger partial charge in [-0.1, -0.05) is 35.4 Å². The summed E-state index contributed by atoms with van der Waals surface area (Å²) in [5.74, 6) is 1.15. The first-order chi connectivity index (χ1) is 10.8. The zero-order chi connectivity index (χ0) is 16.8. The number of hydrogen-bond donors (Lipinski definition) is 0. The number of aryl methyl sites for hydroxylation is 4. The summed E-state index contributed by atoms with van der Waals surface area (Å²) in [6.45, 7) is 7.94. The first-order valence-corrected chi connectivity index (χ1v) is 9.32. The highest BCUT2D eigenvalue weighted by atomic mass is 31.2. The van der Waals surface area contributed by atoms with Gasteiger partial charge in [0.15, 0.2) is 0 Å². The fourth-order valence-corrected chi connectivity index (χ4v) is 4.45. The van der Waals surface area contributed by atoms with Crippen LogP contribution >= 0.6 is 7.82 Å². The molecule has 3 rings (SSSR count). The van der Waals surface area contributed by atoms with Gasteiger partial charge in [0.2, 0.25) is 0 Å². The summed E-state index contributed by atoms with van der Waals surface area (Å²) in [4.78, 5) is 0. The Labute approximate surface area is 145 Å². The third-order valence-electron chi connectivity index (χ3n) is 3.91. The molecule has 1 heterocycles. The van der Waals surface area contributed by atoms with Crippen molar-refractivity contribution in [3.8, 4) is 11.5 Å². The largest absolute Gasteiger partial charge is 0.557 e. The average Bonchev–Trinajstić information content (AvgIpc) is 2.45. The normalized spacial score (nSPS) is 15.5. The molecule has 2 aromatic rings. The number of rotatable bonds is 1. The predicted octanol–water partition coefficient (Wildman–Crippen LogP) is 4.49. The molecule has 2 aromatic carbocycles. The second-order valence-electron chi connectivity index (χ2n) is 6.05. The van der Waals surface area contributed by atoms with Gasteiger partial charge in [0, 0.05) is 6.42 Å². The quantitative estimate of drug-likeness (QED) is 0.565. The van der Waals surface area contributed by atoms with Gasteiger partial charge < -0.3 is 12.6 Å². The van der Waals surface area contributed by atoms with E-state index in [1.165, 1.54) is 0 Å². The van der Waals surface area contributed by atoms with Crippen LogP contribution in [0.25, 0.3) is 0 Å². The van der Waals surface area contributed by atoms with Crippen LogP contribution in [0.4, 0.5) is 0 Å². The van der Waals surface area contributed by atoms with Crippen LogP contribution in [0.5, 0.6) is 11.5 Å². The van der Waals surface area contributed by atoms with Gasteiger partial charge in [0.1, 0.15) is 11.5 Å². The van der Waals surface area contributed by atoms with Crippen molar-refractivity contribution in [2.75, 3.05) is 0 Å². The average molecular weight is 344 g/mol. The van der Waals surface area contributed by atoms with Crippen molar-refractivity contribution < 1.29 is 17.2 Å². The van der Waals surface area contributed by atoms with E-state index in [0.29, 0.717) is 17.9 Å². The summed E-state index contributed by atoms with van der Waals surface area (Å²) < 4.78 is 29.3. The van der Waals surface area contributed by atoms with Gasteiger partial charge in [-0.3, -0.25) is 0 Å². The van der Waals surface area contributed by atoms with Crippen molar-refractivity contribution in [3.63, 3.8) is 0 Å². The number of hydrogen-bond acceptors (Lipinski definition) is 4. The van der Waals surface area contributed by atoms with Gasteiger partial charge in [0.05, 0.1) is 0 Å². The van der Waals surface area contributed by atoms with E-state index in [1.807, 2.05) is 56.5 Å². The zero-order valence-corrected chi connectivity index (χ0v) is 15.7. The zero-order valence-electron chi connectivity index (χ0n) is 13.7. The van der Waals surface area contributed by atoms with Crippen LogP contribution < -0.4 is 9.05 Å². The van der Waals surface area contributed by atoms with Gasteiger partial charge in [-0.05, 0) is 49.9 Å². The number of fused-ring (bicyclic) bond motifs is 2. The smallest absolute Gasteiger partial charge is 0.417 e. The second kappa shape index (κ2) is 6.00. The maximum Gasteiger partial charge on any atom is 0.557 e. The molecule has 0 unspecified atom stereocenters. The van der Waals surface area contributed by atoms with Crippen molar-refractivity contribution in [2.45, 2.75) is 34.1 Å². The van der Waals surface area contributed by atoms with E-state index in [1.54, 1.807) is 0 Å². The van der Waals surface area contributed by atoms with Crippen LogP contribution in [-0.4, -0.2) is 16.6 Å². The van der Waals surface area contributed by atoms with E-state index in [0.717, 1.165) is 33.4 Å². The molecular weight excluding hydrogens is 326 g/mol. The molecular formula is C17H18AlO4P. The monoisotopic (exact) mass is 344 g/mol. The van der Waals surface area contributed by atoms with E-state index in [9.17, 15) is 4.57 Å². The van der Waals surface area contributed by atoms with Gasteiger partial charge >= 0.3 is 24.4 Å². The van der Waals surface area contributed by atoms with Gasteiger partial charge in [-0.25, -0.2) is 4.57 Å². The minimum Gasteiger partial charge on any atom is -0.417 e. The second-order valence-corrected chi connectivity index (χ2v) is 8.15. The van der Waals surface area contributed by atoms with Crippen LogP contribution in [0, 0.1) is 27.7 Å². The molecule has 0 aliphatic carbocycles. The molecule has 1 aliphatic rings. The summed E-state index contributed by atoms with van der Waals surface area (Å²) in [5.41, 5.74) is 6.08. The van der Waals surface area contributed by atoms with Crippen molar-refractivity contribution in [1.29, 1.82) is 0 Å². The molecule has 0 atom stereocenters. The molecule has 4 nitrogen and oxygen atoms in total. The van der Waals surface area contributed by atoms with Crippen LogP contribution in [0.15, 0.2) is 24.3 Å². The maximum absolute atomic E-state index is 12.9.